The molecule has 2 aromatic rings. The summed E-state index contributed by atoms with van der Waals surface area (Å²) in [4.78, 5) is 20.0. The lowest BCUT2D eigenvalue weighted by atomic mass is 10.2. The summed E-state index contributed by atoms with van der Waals surface area (Å²) >= 11 is 1.12. The van der Waals surface area contributed by atoms with Crippen molar-refractivity contribution in [3.05, 3.63) is 70.3 Å². The van der Waals surface area contributed by atoms with Gasteiger partial charge in [-0.05, 0) is 43.3 Å². The normalized spacial score (nSPS) is 17.5. The minimum atomic E-state index is -0.669. The molecule has 0 aliphatic carbocycles. The molecule has 1 aromatic heterocycles. The third-order valence-corrected chi connectivity index (χ3v) is 4.34. The van der Waals surface area contributed by atoms with Gasteiger partial charge < -0.3 is 14.8 Å². The molecule has 1 aliphatic rings. The number of aliphatic hydroxyl groups excluding tert-OH is 1. The molecule has 0 saturated heterocycles. The summed E-state index contributed by atoms with van der Waals surface area (Å²) in [5, 5.41) is 10.7. The number of carbonyl (C=O) groups is 1. The predicted molar refractivity (Wildman–Crippen MR) is 96.1 cm³/mol. The van der Waals surface area contributed by atoms with Gasteiger partial charge in [-0.2, -0.15) is 0 Å². The molecule has 128 valence electrons. The van der Waals surface area contributed by atoms with Crippen LogP contribution in [0.25, 0.3) is 6.08 Å². The lowest BCUT2D eigenvalue weighted by Crippen LogP contribution is -2.12. The van der Waals surface area contributed by atoms with Gasteiger partial charge in [0.25, 0.3) is 0 Å². The molecule has 0 bridgehead atoms. The van der Waals surface area contributed by atoms with E-state index in [1.165, 1.54) is 18.2 Å². The molecule has 1 aliphatic heterocycles. The average molecular weight is 358 g/mol. The van der Waals surface area contributed by atoms with Gasteiger partial charge in [-0.3, -0.25) is 0 Å². The second kappa shape index (κ2) is 7.40. The van der Waals surface area contributed by atoms with Crippen LogP contribution in [0.5, 0.6) is 0 Å². The van der Waals surface area contributed by atoms with E-state index < -0.39 is 11.8 Å². The van der Waals surface area contributed by atoms with E-state index >= 15 is 0 Å². The summed E-state index contributed by atoms with van der Waals surface area (Å²) in [5.41, 5.74) is 1.09. The number of ether oxygens (including phenoxy) is 1. The first-order valence-corrected chi connectivity index (χ1v) is 8.38. The van der Waals surface area contributed by atoms with Crippen LogP contribution in [0.2, 0.25) is 0 Å². The van der Waals surface area contributed by atoms with Crippen LogP contribution in [-0.4, -0.2) is 27.7 Å². The molecule has 0 atom stereocenters. The van der Waals surface area contributed by atoms with Gasteiger partial charge in [-0.25, -0.2) is 14.2 Å². The van der Waals surface area contributed by atoms with E-state index in [-0.39, 0.29) is 23.0 Å². The first kappa shape index (κ1) is 17.0. The number of aliphatic imine (C=N–C) groups is 1. The van der Waals surface area contributed by atoms with Crippen LogP contribution in [0.1, 0.15) is 12.6 Å². The zero-order valence-corrected chi connectivity index (χ0v) is 14.1. The number of halogens is 1. The lowest BCUT2D eigenvalue weighted by molar-refractivity contribution is -0.138. The number of nitrogens with zero attached hydrogens (tertiary/aromatic N) is 1. The van der Waals surface area contributed by atoms with E-state index in [9.17, 15) is 14.3 Å². The molecule has 0 spiro atoms. The summed E-state index contributed by atoms with van der Waals surface area (Å²) in [5.74, 6) is -1.30. The Labute approximate surface area is 147 Å². The zero-order valence-electron chi connectivity index (χ0n) is 13.3. The Bertz CT molecular complexity index is 885. The van der Waals surface area contributed by atoms with Crippen molar-refractivity contribution in [2.75, 3.05) is 6.61 Å². The molecule has 5 nitrogen and oxygen atoms in total. The van der Waals surface area contributed by atoms with E-state index in [1.54, 1.807) is 25.3 Å². The van der Waals surface area contributed by atoms with Crippen molar-refractivity contribution in [1.29, 1.82) is 0 Å². The van der Waals surface area contributed by atoms with Gasteiger partial charge >= 0.3 is 5.97 Å². The monoisotopic (exact) mass is 358 g/mol. The average Bonchev–Trinajstić information content (AvgIpc) is 3.17. The molecule has 25 heavy (non-hydrogen) atoms. The molecular weight excluding hydrogens is 343 g/mol. The van der Waals surface area contributed by atoms with Gasteiger partial charge in [-0.1, -0.05) is 17.8 Å². The Kier molecular flexibility index (Phi) is 5.04. The van der Waals surface area contributed by atoms with Crippen molar-refractivity contribution in [2.45, 2.75) is 6.92 Å². The number of aliphatic hydroxyl groups is 1. The quantitative estimate of drug-likeness (QED) is 0.797. The number of esters is 1. The van der Waals surface area contributed by atoms with E-state index in [0.29, 0.717) is 10.6 Å². The van der Waals surface area contributed by atoms with Crippen LogP contribution in [0.4, 0.5) is 10.1 Å². The van der Waals surface area contributed by atoms with E-state index in [4.69, 9.17) is 4.74 Å². The van der Waals surface area contributed by atoms with Gasteiger partial charge in [-0.15, -0.1) is 0 Å². The fourth-order valence-electron chi connectivity index (χ4n) is 2.23. The molecule has 7 heteroatoms. The van der Waals surface area contributed by atoms with Crippen molar-refractivity contribution in [3.63, 3.8) is 0 Å². The minimum absolute atomic E-state index is 0.0195. The fourth-order valence-corrected chi connectivity index (χ4v) is 3.26. The highest BCUT2D eigenvalue weighted by Crippen LogP contribution is 2.40. The van der Waals surface area contributed by atoms with Crippen LogP contribution in [0, 0.1) is 5.82 Å². The van der Waals surface area contributed by atoms with Gasteiger partial charge in [0.15, 0.2) is 0 Å². The minimum Gasteiger partial charge on any atom is -0.506 e. The standard InChI is InChI=1S/C18H15FN2O3S/c1-2-24-18(23)15-16(22)14(10-12-7-4-8-20-12)25-17(15)21-13-6-3-5-11(19)9-13/h3-10,20,22H,2H2,1H3/b14-10-,21-17?. The molecular formula is C18H15FN2O3S. The molecule has 0 radical (unpaired) electrons. The Morgan fingerprint density at radius 1 is 1.40 bits per heavy atom. The number of hydrogen-bond donors (Lipinski definition) is 2. The summed E-state index contributed by atoms with van der Waals surface area (Å²) in [7, 11) is 0. The number of hydrogen-bond acceptors (Lipinski definition) is 5. The molecule has 0 fully saturated rings. The van der Waals surface area contributed by atoms with Crippen LogP contribution in [0.15, 0.2) is 63.8 Å². The third-order valence-electron chi connectivity index (χ3n) is 3.32. The summed E-state index contributed by atoms with van der Waals surface area (Å²) in [6.07, 6.45) is 3.45. The molecule has 2 N–H and O–H groups in total. The summed E-state index contributed by atoms with van der Waals surface area (Å²) < 4.78 is 18.4. The summed E-state index contributed by atoms with van der Waals surface area (Å²) in [6, 6.07) is 9.34. The lowest BCUT2D eigenvalue weighted by Gasteiger charge is -2.03. The van der Waals surface area contributed by atoms with Crippen molar-refractivity contribution < 1.29 is 19.0 Å². The Morgan fingerprint density at radius 2 is 2.24 bits per heavy atom. The van der Waals surface area contributed by atoms with Gasteiger partial charge in [0.1, 0.15) is 22.2 Å². The topological polar surface area (TPSA) is 74.7 Å². The molecule has 0 saturated carbocycles. The second-order valence-corrected chi connectivity index (χ2v) is 6.11. The number of carbonyl (C=O) groups excluding carboxylic acids is 1. The van der Waals surface area contributed by atoms with E-state index in [0.717, 1.165) is 17.5 Å². The Balaban J connectivity index is 2.04. The van der Waals surface area contributed by atoms with Crippen LogP contribution >= 0.6 is 11.8 Å². The van der Waals surface area contributed by atoms with Crippen LogP contribution in [-0.2, 0) is 9.53 Å². The second-order valence-electron chi connectivity index (χ2n) is 5.08. The number of aromatic nitrogens is 1. The maximum atomic E-state index is 13.4. The zero-order chi connectivity index (χ0) is 17.8. The first-order chi connectivity index (χ1) is 12.1. The van der Waals surface area contributed by atoms with Gasteiger partial charge in [0.2, 0.25) is 0 Å². The third kappa shape index (κ3) is 3.83. The Morgan fingerprint density at radius 3 is 2.92 bits per heavy atom. The largest absolute Gasteiger partial charge is 0.506 e. The van der Waals surface area contributed by atoms with Crippen LogP contribution in [0.3, 0.4) is 0 Å². The van der Waals surface area contributed by atoms with Crippen molar-refractivity contribution >= 4 is 34.5 Å². The maximum Gasteiger partial charge on any atom is 0.344 e. The number of rotatable bonds is 4. The number of benzene rings is 1. The first-order valence-electron chi connectivity index (χ1n) is 7.56. The Hall–Kier alpha value is -2.80. The van der Waals surface area contributed by atoms with Gasteiger partial charge in [0, 0.05) is 11.9 Å². The van der Waals surface area contributed by atoms with Crippen molar-refractivity contribution in [2.24, 2.45) is 4.99 Å². The van der Waals surface area contributed by atoms with E-state index in [2.05, 4.69) is 9.98 Å². The molecule has 0 unspecified atom stereocenters. The molecule has 1 aromatic carbocycles. The summed E-state index contributed by atoms with van der Waals surface area (Å²) in [6.45, 7) is 1.85. The highest BCUT2D eigenvalue weighted by Gasteiger charge is 2.33. The molecule has 0 amide bonds. The number of aromatic amines is 1. The SMILES string of the molecule is CCOC(=O)C1=C(O)/C(=C/c2ccc[nH]2)SC1=Nc1cccc(F)c1. The number of thioether (sulfide) groups is 1. The predicted octanol–water partition coefficient (Wildman–Crippen LogP) is 4.35. The highest BCUT2D eigenvalue weighted by atomic mass is 32.2. The fraction of sp³-hybridized carbons (Fsp3) is 0.111. The highest BCUT2D eigenvalue weighted by molar-refractivity contribution is 8.18. The molecule has 2 heterocycles. The van der Waals surface area contributed by atoms with Gasteiger partial charge in [0.05, 0.1) is 17.2 Å². The van der Waals surface area contributed by atoms with Crippen LogP contribution < -0.4 is 0 Å². The molecule has 3 rings (SSSR count). The van der Waals surface area contributed by atoms with Crippen molar-refractivity contribution in [1.82, 2.24) is 4.98 Å². The number of nitrogens with one attached hydrogen (secondary N) is 1. The number of H-pyrrole nitrogens is 1. The van der Waals surface area contributed by atoms with Crippen molar-refractivity contribution in [3.8, 4) is 0 Å². The van der Waals surface area contributed by atoms with E-state index in [1.807, 2.05) is 12.1 Å². The maximum absolute atomic E-state index is 13.4. The smallest absolute Gasteiger partial charge is 0.344 e.